The van der Waals surface area contributed by atoms with Gasteiger partial charge in [0.05, 0.1) is 5.69 Å². The van der Waals surface area contributed by atoms with Gasteiger partial charge in [-0.2, -0.15) is 0 Å². The van der Waals surface area contributed by atoms with E-state index in [1.54, 1.807) is 4.57 Å². The van der Waals surface area contributed by atoms with Gasteiger partial charge in [-0.05, 0) is 92.7 Å². The lowest BCUT2D eigenvalue weighted by molar-refractivity contribution is 0.0536. The summed E-state index contributed by atoms with van der Waals surface area (Å²) >= 11 is 0. The molecule has 4 heterocycles. The van der Waals surface area contributed by atoms with Crippen molar-refractivity contribution >= 4 is 11.9 Å². The second-order valence-electron chi connectivity index (χ2n) is 12.1. The fourth-order valence-electron chi connectivity index (χ4n) is 6.93. The van der Waals surface area contributed by atoms with Gasteiger partial charge in [-0.3, -0.25) is 14.3 Å². The number of nitrogens with zero attached hydrogens (tertiary/aromatic N) is 4. The summed E-state index contributed by atoms with van der Waals surface area (Å²) in [5, 5.41) is 3.46. The van der Waals surface area contributed by atoms with Gasteiger partial charge in [0.2, 0.25) is 0 Å². The van der Waals surface area contributed by atoms with Gasteiger partial charge in [0, 0.05) is 68.7 Å². The van der Waals surface area contributed by atoms with Gasteiger partial charge < -0.3 is 20.9 Å². The fraction of sp³-hybridized carbons (Fsp3) is 0.455. The number of fused-ring (bicyclic) bond motifs is 2. The summed E-state index contributed by atoms with van der Waals surface area (Å²) in [5.41, 5.74) is 15.9. The number of benzene rings is 2. The Morgan fingerprint density at radius 3 is 2.41 bits per heavy atom. The quantitative estimate of drug-likeness (QED) is 0.516. The summed E-state index contributed by atoms with van der Waals surface area (Å²) in [6.45, 7) is 13.1. The molecule has 3 aromatic rings. The minimum Gasteiger partial charge on any atom is -0.351 e. The van der Waals surface area contributed by atoms with Gasteiger partial charge in [0.15, 0.2) is 0 Å². The largest absolute Gasteiger partial charge is 0.351 e. The molecule has 8 heteroatoms. The monoisotopic (exact) mass is 554 g/mol. The zero-order valence-electron chi connectivity index (χ0n) is 24.8. The number of nitrogens with two attached hydrogens (primary N) is 1. The second kappa shape index (κ2) is 11.1. The van der Waals surface area contributed by atoms with Crippen LogP contribution in [0.25, 0.3) is 11.3 Å². The van der Waals surface area contributed by atoms with E-state index in [0.29, 0.717) is 12.1 Å². The summed E-state index contributed by atoms with van der Waals surface area (Å²) in [6, 6.07) is 12.3. The summed E-state index contributed by atoms with van der Waals surface area (Å²) in [6.07, 6.45) is 1.72. The van der Waals surface area contributed by atoms with Crippen LogP contribution in [0.3, 0.4) is 0 Å². The van der Waals surface area contributed by atoms with Crippen LogP contribution in [0, 0.1) is 20.8 Å². The molecule has 0 bridgehead atoms. The average Bonchev–Trinajstić information content (AvgIpc) is 3.20. The maximum absolute atomic E-state index is 14.8. The van der Waals surface area contributed by atoms with Crippen LogP contribution in [-0.4, -0.2) is 83.6 Å². The first-order chi connectivity index (χ1) is 19.7. The third-order valence-electron chi connectivity index (χ3n) is 9.63. The summed E-state index contributed by atoms with van der Waals surface area (Å²) in [4.78, 5) is 34.6. The highest BCUT2D eigenvalue weighted by atomic mass is 16.2. The van der Waals surface area contributed by atoms with Crippen molar-refractivity contribution in [1.29, 1.82) is 0 Å². The van der Waals surface area contributed by atoms with Crippen molar-refractivity contribution in [2.45, 2.75) is 52.7 Å². The number of hydrogen-bond acceptors (Lipinski definition) is 5. The van der Waals surface area contributed by atoms with Crippen LogP contribution in [0.2, 0.25) is 0 Å². The molecule has 1 saturated heterocycles. The van der Waals surface area contributed by atoms with E-state index in [-0.39, 0.29) is 11.9 Å². The Kier molecular flexibility index (Phi) is 7.49. The number of rotatable bonds is 4. The normalized spacial score (nSPS) is 19.6. The first kappa shape index (κ1) is 27.7. The zero-order chi connectivity index (χ0) is 28.8. The van der Waals surface area contributed by atoms with E-state index in [1.165, 1.54) is 16.7 Å². The Morgan fingerprint density at radius 2 is 1.68 bits per heavy atom. The third-order valence-corrected chi connectivity index (χ3v) is 9.63. The Balaban J connectivity index is 1.46. The van der Waals surface area contributed by atoms with Gasteiger partial charge in [0.1, 0.15) is 0 Å². The Hall–Kier alpha value is -3.46. The molecule has 0 spiro atoms. The van der Waals surface area contributed by atoms with E-state index < -0.39 is 6.03 Å². The molecule has 6 rings (SSSR count). The van der Waals surface area contributed by atoms with Crippen LogP contribution < -0.4 is 11.1 Å². The van der Waals surface area contributed by atoms with E-state index in [2.05, 4.69) is 63.5 Å². The maximum atomic E-state index is 14.8. The van der Waals surface area contributed by atoms with Crippen LogP contribution >= 0.6 is 0 Å². The van der Waals surface area contributed by atoms with Crippen LogP contribution in [0.1, 0.15) is 49.4 Å². The molecule has 8 nitrogen and oxygen atoms in total. The molecule has 3 aliphatic rings. The third kappa shape index (κ3) is 5.09. The molecule has 2 amide bonds. The molecular weight excluding hydrogens is 512 g/mol. The number of piperazine rings is 1. The molecule has 0 radical (unpaired) electrons. The average molecular weight is 555 g/mol. The number of nitrogens with one attached hydrogen (secondary N) is 1. The molecule has 0 saturated carbocycles. The smallest absolute Gasteiger partial charge is 0.323 e. The molecule has 3 aliphatic heterocycles. The van der Waals surface area contributed by atoms with E-state index in [9.17, 15) is 9.59 Å². The highest BCUT2D eigenvalue weighted by Gasteiger charge is 2.35. The van der Waals surface area contributed by atoms with Crippen molar-refractivity contribution in [3.8, 4) is 11.3 Å². The van der Waals surface area contributed by atoms with E-state index in [4.69, 9.17) is 5.73 Å². The number of primary amides is 1. The summed E-state index contributed by atoms with van der Waals surface area (Å²) in [5.74, 6) is 0.0222. The molecule has 3 N–H and O–H groups in total. The van der Waals surface area contributed by atoms with Gasteiger partial charge in [-0.25, -0.2) is 4.79 Å². The lowest BCUT2D eigenvalue weighted by Crippen LogP contribution is -2.53. The highest BCUT2D eigenvalue weighted by Crippen LogP contribution is 2.37. The topological polar surface area (TPSA) is 86.8 Å². The molecular formula is C33H42N6O2. The van der Waals surface area contributed by atoms with Crippen LogP contribution in [-0.2, 0) is 25.9 Å². The van der Waals surface area contributed by atoms with Gasteiger partial charge in [0.25, 0.3) is 5.91 Å². The number of hydrogen-bond donors (Lipinski definition) is 2. The van der Waals surface area contributed by atoms with Crippen molar-refractivity contribution < 1.29 is 9.59 Å². The predicted molar refractivity (Wildman–Crippen MR) is 162 cm³/mol. The van der Waals surface area contributed by atoms with Gasteiger partial charge >= 0.3 is 6.03 Å². The molecule has 41 heavy (non-hydrogen) atoms. The number of aromatic nitrogens is 1. The van der Waals surface area contributed by atoms with Crippen LogP contribution in [0.4, 0.5) is 4.79 Å². The molecule has 2 aromatic carbocycles. The highest BCUT2D eigenvalue weighted by molar-refractivity contribution is 6.03. The predicted octanol–water partition coefficient (Wildman–Crippen LogP) is 3.47. The van der Waals surface area contributed by atoms with Crippen LogP contribution in [0.15, 0.2) is 36.4 Å². The Morgan fingerprint density at radius 1 is 0.951 bits per heavy atom. The molecule has 0 unspecified atom stereocenters. The first-order valence-corrected chi connectivity index (χ1v) is 14.9. The lowest BCUT2D eigenvalue weighted by Gasteiger charge is -2.42. The fourth-order valence-corrected chi connectivity index (χ4v) is 6.93. The number of carbonyl (C=O) groups is 2. The van der Waals surface area contributed by atoms with Crippen LogP contribution in [0.5, 0.6) is 0 Å². The Labute approximate surface area is 243 Å². The minimum absolute atomic E-state index is 0.0222. The standard InChI is InChI=1S/C33H42N6O2/c1-21-22(2)31(39(23(21)3)33(34)41)29-16-25-9-10-35-18-27(25)17-30(29)32(40)38-19-26-8-6-5-7-24(26)15-28(38)20-37-13-11-36(4)12-14-37/h5-8,16-17,28,35H,9-15,18-20H2,1-4H3,(H2,34,41)/t28-/m0/s1. The van der Waals surface area contributed by atoms with Gasteiger partial charge in [-0.1, -0.05) is 24.3 Å². The van der Waals surface area contributed by atoms with E-state index >= 15 is 0 Å². The van der Waals surface area contributed by atoms with Crippen molar-refractivity contribution in [3.63, 3.8) is 0 Å². The summed E-state index contributed by atoms with van der Waals surface area (Å²) < 4.78 is 1.59. The number of amides is 2. The lowest BCUT2D eigenvalue weighted by atomic mass is 9.89. The SMILES string of the molecule is Cc1c(C)c(-c2cc3c(cc2C(=O)N2Cc4ccccc4C[C@H]2CN2CCN(C)CC2)CNCC3)n(C(N)=O)c1C. The first-order valence-electron chi connectivity index (χ1n) is 14.9. The van der Waals surface area contributed by atoms with Crippen molar-refractivity contribution in [3.05, 3.63) is 81.0 Å². The molecule has 1 fully saturated rings. The molecule has 1 atom stereocenters. The minimum atomic E-state index is -0.522. The number of carbonyl (C=O) groups excluding carboxylic acids is 2. The molecule has 1 aromatic heterocycles. The zero-order valence-corrected chi connectivity index (χ0v) is 24.8. The van der Waals surface area contributed by atoms with Crippen molar-refractivity contribution in [1.82, 2.24) is 24.6 Å². The van der Waals surface area contributed by atoms with Crippen molar-refractivity contribution in [2.75, 3.05) is 46.3 Å². The van der Waals surface area contributed by atoms with Crippen molar-refractivity contribution in [2.24, 2.45) is 5.73 Å². The molecule has 216 valence electrons. The second-order valence-corrected chi connectivity index (χ2v) is 12.1. The van der Waals surface area contributed by atoms with E-state index in [1.807, 2.05) is 20.8 Å². The molecule has 0 aliphatic carbocycles. The maximum Gasteiger partial charge on any atom is 0.323 e. The Bertz CT molecular complexity index is 1500. The van der Waals surface area contributed by atoms with Gasteiger partial charge in [-0.15, -0.1) is 0 Å². The number of likely N-dealkylation sites (N-methyl/N-ethyl adjacent to an activating group) is 1. The van der Waals surface area contributed by atoms with E-state index in [0.717, 1.165) is 92.3 Å². The summed E-state index contributed by atoms with van der Waals surface area (Å²) in [7, 11) is 2.17.